The van der Waals surface area contributed by atoms with Gasteiger partial charge in [-0.1, -0.05) is 41.9 Å². The number of fused-ring (bicyclic) bond motifs is 1. The van der Waals surface area contributed by atoms with Gasteiger partial charge >= 0.3 is 0 Å². The van der Waals surface area contributed by atoms with Crippen LogP contribution in [0.2, 0.25) is 5.02 Å². The van der Waals surface area contributed by atoms with Crippen molar-refractivity contribution < 1.29 is 4.74 Å². The van der Waals surface area contributed by atoms with Crippen molar-refractivity contribution in [2.24, 2.45) is 0 Å². The molecule has 2 aromatic heterocycles. The zero-order valence-corrected chi connectivity index (χ0v) is 17.2. The molecule has 150 valence electrons. The molecule has 1 aliphatic heterocycles. The Morgan fingerprint density at radius 3 is 2.80 bits per heavy atom. The minimum atomic E-state index is -0.144. The Balaban J connectivity index is 1.41. The molecular formula is C24H21ClN4O. The highest BCUT2D eigenvalue weighted by atomic mass is 35.5. The first kappa shape index (κ1) is 19.1. The molecule has 0 radical (unpaired) electrons. The number of ether oxygens (including phenoxy) is 1. The minimum Gasteiger partial charge on any atom is -0.369 e. The van der Waals surface area contributed by atoms with E-state index in [9.17, 15) is 0 Å². The van der Waals surface area contributed by atoms with Crippen LogP contribution in [0, 0.1) is 0 Å². The highest BCUT2D eigenvalue weighted by Crippen LogP contribution is 2.31. The number of morpholine rings is 1. The second-order valence-electron chi connectivity index (χ2n) is 7.38. The summed E-state index contributed by atoms with van der Waals surface area (Å²) >= 11 is 6.20. The van der Waals surface area contributed by atoms with Crippen molar-refractivity contribution >= 4 is 22.5 Å². The van der Waals surface area contributed by atoms with Crippen molar-refractivity contribution in [2.45, 2.75) is 12.6 Å². The maximum atomic E-state index is 6.20. The number of hydrogen-bond donors (Lipinski definition) is 0. The summed E-state index contributed by atoms with van der Waals surface area (Å²) in [5.41, 5.74) is 4.92. The maximum absolute atomic E-state index is 6.20. The van der Waals surface area contributed by atoms with Crippen LogP contribution in [0.15, 0.2) is 73.2 Å². The van der Waals surface area contributed by atoms with Crippen LogP contribution in [0.4, 0.5) is 0 Å². The molecule has 1 fully saturated rings. The summed E-state index contributed by atoms with van der Waals surface area (Å²) < 4.78 is 6.12. The summed E-state index contributed by atoms with van der Waals surface area (Å²) in [5.74, 6) is 0. The number of rotatable bonds is 4. The predicted octanol–water partition coefficient (Wildman–Crippen LogP) is 4.92. The Labute approximate surface area is 180 Å². The van der Waals surface area contributed by atoms with E-state index in [2.05, 4.69) is 44.1 Å². The van der Waals surface area contributed by atoms with Gasteiger partial charge in [-0.05, 0) is 29.8 Å². The van der Waals surface area contributed by atoms with E-state index in [-0.39, 0.29) is 6.10 Å². The molecule has 0 N–H and O–H groups in total. The molecule has 5 nitrogen and oxygen atoms in total. The van der Waals surface area contributed by atoms with Gasteiger partial charge in [0.1, 0.15) is 6.10 Å². The number of halogens is 1. The van der Waals surface area contributed by atoms with Crippen LogP contribution in [-0.2, 0) is 11.3 Å². The van der Waals surface area contributed by atoms with Gasteiger partial charge in [-0.15, -0.1) is 0 Å². The lowest BCUT2D eigenvalue weighted by atomic mass is 10.0. The van der Waals surface area contributed by atoms with Crippen LogP contribution in [0.3, 0.4) is 0 Å². The highest BCUT2D eigenvalue weighted by Gasteiger charge is 2.26. The van der Waals surface area contributed by atoms with Gasteiger partial charge in [0.05, 0.1) is 23.5 Å². The molecule has 1 unspecified atom stereocenters. The standard InChI is InChI=1S/C24H21ClN4O/c25-19-6-1-4-17(14-19)23-24(28-11-10-27-23)22-16-29(12-13-30-22)15-18-5-2-8-21-20(18)7-3-9-26-21/h1-11,14,22H,12-13,15-16H2. The largest absolute Gasteiger partial charge is 0.369 e. The van der Waals surface area contributed by atoms with Gasteiger partial charge in [-0.2, -0.15) is 0 Å². The van der Waals surface area contributed by atoms with Crippen molar-refractivity contribution in [3.8, 4) is 11.3 Å². The molecule has 2 aromatic carbocycles. The Bertz CT molecular complexity index is 1180. The van der Waals surface area contributed by atoms with Gasteiger partial charge in [0.15, 0.2) is 0 Å². The summed E-state index contributed by atoms with van der Waals surface area (Å²) in [7, 11) is 0. The molecule has 30 heavy (non-hydrogen) atoms. The third-order valence-corrected chi connectivity index (χ3v) is 5.65. The second-order valence-corrected chi connectivity index (χ2v) is 7.82. The van der Waals surface area contributed by atoms with Crippen LogP contribution in [0.5, 0.6) is 0 Å². The summed E-state index contributed by atoms with van der Waals surface area (Å²) in [4.78, 5) is 16.1. The van der Waals surface area contributed by atoms with Gasteiger partial charge in [0.2, 0.25) is 0 Å². The first-order chi connectivity index (χ1) is 14.8. The smallest absolute Gasteiger partial charge is 0.114 e. The number of pyridine rings is 1. The molecule has 3 heterocycles. The second kappa shape index (κ2) is 8.48. The predicted molar refractivity (Wildman–Crippen MR) is 118 cm³/mol. The van der Waals surface area contributed by atoms with E-state index in [0.717, 1.165) is 42.1 Å². The Kier molecular flexibility index (Phi) is 5.41. The number of hydrogen-bond acceptors (Lipinski definition) is 5. The molecule has 1 aliphatic rings. The van der Waals surface area contributed by atoms with Crippen LogP contribution in [0.1, 0.15) is 17.4 Å². The molecule has 1 saturated heterocycles. The van der Waals surface area contributed by atoms with E-state index in [1.807, 2.05) is 36.5 Å². The fourth-order valence-electron chi connectivity index (χ4n) is 4.00. The molecule has 1 atom stereocenters. The van der Waals surface area contributed by atoms with Crippen molar-refractivity contribution in [1.29, 1.82) is 0 Å². The zero-order valence-electron chi connectivity index (χ0n) is 16.4. The summed E-state index contributed by atoms with van der Waals surface area (Å²) in [6.07, 6.45) is 5.13. The molecule has 6 heteroatoms. The molecule has 0 aliphatic carbocycles. The van der Waals surface area contributed by atoms with Crippen molar-refractivity contribution in [2.75, 3.05) is 19.7 Å². The van der Waals surface area contributed by atoms with E-state index in [0.29, 0.717) is 11.6 Å². The van der Waals surface area contributed by atoms with Crippen molar-refractivity contribution in [1.82, 2.24) is 19.9 Å². The van der Waals surface area contributed by atoms with Gasteiger partial charge in [-0.3, -0.25) is 19.9 Å². The molecule has 5 rings (SSSR count). The average molecular weight is 417 g/mol. The molecular weight excluding hydrogens is 396 g/mol. The third-order valence-electron chi connectivity index (χ3n) is 5.41. The Hall–Kier alpha value is -2.86. The number of aromatic nitrogens is 3. The van der Waals surface area contributed by atoms with Gasteiger partial charge in [0, 0.05) is 54.2 Å². The summed E-state index contributed by atoms with van der Waals surface area (Å²) in [6, 6.07) is 18.1. The maximum Gasteiger partial charge on any atom is 0.114 e. The van der Waals surface area contributed by atoms with Gasteiger partial charge in [-0.25, -0.2) is 0 Å². The minimum absolute atomic E-state index is 0.144. The van der Waals surface area contributed by atoms with Gasteiger partial charge in [0.25, 0.3) is 0 Å². The molecule has 4 aromatic rings. The fraction of sp³-hybridized carbons (Fsp3) is 0.208. The first-order valence-corrected chi connectivity index (χ1v) is 10.4. The molecule has 0 bridgehead atoms. The highest BCUT2D eigenvalue weighted by molar-refractivity contribution is 6.30. The lowest BCUT2D eigenvalue weighted by molar-refractivity contribution is -0.0347. The number of benzene rings is 2. The molecule has 0 amide bonds. The Morgan fingerprint density at radius 2 is 1.87 bits per heavy atom. The molecule has 0 saturated carbocycles. The summed E-state index contributed by atoms with van der Waals surface area (Å²) in [5, 5.41) is 1.88. The van der Waals surface area contributed by atoms with Crippen LogP contribution < -0.4 is 0 Å². The van der Waals surface area contributed by atoms with Crippen LogP contribution in [0.25, 0.3) is 22.2 Å². The Morgan fingerprint density at radius 1 is 0.967 bits per heavy atom. The molecule has 0 spiro atoms. The van der Waals surface area contributed by atoms with Crippen LogP contribution in [-0.4, -0.2) is 39.5 Å². The van der Waals surface area contributed by atoms with E-state index >= 15 is 0 Å². The van der Waals surface area contributed by atoms with Crippen LogP contribution >= 0.6 is 11.6 Å². The quantitative estimate of drug-likeness (QED) is 0.472. The van der Waals surface area contributed by atoms with Crippen molar-refractivity contribution in [3.63, 3.8) is 0 Å². The lowest BCUT2D eigenvalue weighted by Gasteiger charge is -2.33. The van der Waals surface area contributed by atoms with E-state index in [1.54, 1.807) is 12.4 Å². The van der Waals surface area contributed by atoms with E-state index in [4.69, 9.17) is 16.3 Å². The third kappa shape index (κ3) is 3.92. The monoisotopic (exact) mass is 416 g/mol. The fourth-order valence-corrected chi connectivity index (χ4v) is 4.19. The summed E-state index contributed by atoms with van der Waals surface area (Å²) in [6.45, 7) is 3.12. The number of nitrogens with zero attached hydrogens (tertiary/aromatic N) is 4. The zero-order chi connectivity index (χ0) is 20.3. The van der Waals surface area contributed by atoms with Crippen molar-refractivity contribution in [3.05, 3.63) is 89.5 Å². The van der Waals surface area contributed by atoms with E-state index < -0.39 is 0 Å². The SMILES string of the molecule is Clc1cccc(-c2nccnc2C2CN(Cc3cccc4ncccc34)CCO2)c1. The topological polar surface area (TPSA) is 51.1 Å². The first-order valence-electron chi connectivity index (χ1n) is 10.0. The van der Waals surface area contributed by atoms with E-state index in [1.165, 1.54) is 10.9 Å². The normalized spacial score (nSPS) is 17.3. The lowest BCUT2D eigenvalue weighted by Crippen LogP contribution is -2.38. The average Bonchev–Trinajstić information content (AvgIpc) is 2.80. The van der Waals surface area contributed by atoms with Gasteiger partial charge < -0.3 is 4.74 Å².